The van der Waals surface area contributed by atoms with Gasteiger partial charge in [-0.2, -0.15) is 0 Å². The predicted molar refractivity (Wildman–Crippen MR) is 108 cm³/mol. The second kappa shape index (κ2) is 8.25. The van der Waals surface area contributed by atoms with Gasteiger partial charge >= 0.3 is 0 Å². The first-order chi connectivity index (χ1) is 13.0. The Hall–Kier alpha value is -2.82. The van der Waals surface area contributed by atoms with Gasteiger partial charge in [0, 0.05) is 11.3 Å². The number of anilines is 1. The smallest absolute Gasteiger partial charge is 0.249 e. The lowest BCUT2D eigenvalue weighted by atomic mass is 9.89. The van der Waals surface area contributed by atoms with Crippen molar-refractivity contribution in [2.24, 2.45) is 5.73 Å². The largest absolute Gasteiger partial charge is 0.376 e. The van der Waals surface area contributed by atoms with Crippen LogP contribution in [0.2, 0.25) is 0 Å². The van der Waals surface area contributed by atoms with Gasteiger partial charge in [-0.3, -0.25) is 9.59 Å². The van der Waals surface area contributed by atoms with Crippen LogP contribution in [0.3, 0.4) is 0 Å². The summed E-state index contributed by atoms with van der Waals surface area (Å²) < 4.78 is 0. The first-order valence-corrected chi connectivity index (χ1v) is 9.50. The molecule has 0 saturated heterocycles. The minimum absolute atomic E-state index is 0.0513. The number of nitrogens with one attached hydrogen (secondary N) is 2. The Morgan fingerprint density at radius 2 is 1.85 bits per heavy atom. The molecule has 5 nitrogen and oxygen atoms in total. The van der Waals surface area contributed by atoms with E-state index >= 15 is 0 Å². The molecule has 1 unspecified atom stereocenters. The summed E-state index contributed by atoms with van der Waals surface area (Å²) >= 11 is 0. The zero-order valence-electron chi connectivity index (χ0n) is 16.0. The maximum Gasteiger partial charge on any atom is 0.249 e. The molecule has 4 N–H and O–H groups in total. The maximum absolute atomic E-state index is 12.4. The van der Waals surface area contributed by atoms with Crippen LogP contribution in [0.5, 0.6) is 0 Å². The van der Waals surface area contributed by atoms with Gasteiger partial charge in [-0.05, 0) is 73.9 Å². The molecule has 0 radical (unpaired) electrons. The molecule has 0 aromatic heterocycles. The van der Waals surface area contributed by atoms with Crippen LogP contribution in [0.1, 0.15) is 58.4 Å². The fourth-order valence-electron chi connectivity index (χ4n) is 3.67. The first-order valence-electron chi connectivity index (χ1n) is 9.50. The molecule has 142 valence electrons. The third-order valence-electron chi connectivity index (χ3n) is 5.29. The van der Waals surface area contributed by atoms with E-state index in [0.29, 0.717) is 5.56 Å². The average molecular weight is 365 g/mol. The van der Waals surface area contributed by atoms with Gasteiger partial charge in [0.15, 0.2) is 0 Å². The quantitative estimate of drug-likeness (QED) is 0.735. The molecule has 2 aromatic rings. The first kappa shape index (κ1) is 19.0. The van der Waals surface area contributed by atoms with E-state index in [2.05, 4.69) is 28.8 Å². The van der Waals surface area contributed by atoms with Crippen LogP contribution < -0.4 is 16.4 Å². The van der Waals surface area contributed by atoms with Gasteiger partial charge in [0.2, 0.25) is 11.8 Å². The second-order valence-electron chi connectivity index (χ2n) is 7.22. The number of carbonyl (C=O) groups is 2. The van der Waals surface area contributed by atoms with E-state index in [1.165, 1.54) is 24.0 Å². The van der Waals surface area contributed by atoms with Gasteiger partial charge in [-0.25, -0.2) is 0 Å². The van der Waals surface area contributed by atoms with Crippen molar-refractivity contribution >= 4 is 17.5 Å². The highest BCUT2D eigenvalue weighted by atomic mass is 16.2. The number of amides is 2. The molecular formula is C22H27N3O2. The maximum atomic E-state index is 12.4. The molecule has 0 fully saturated rings. The summed E-state index contributed by atoms with van der Waals surface area (Å²) in [6.45, 7) is 3.95. The summed E-state index contributed by atoms with van der Waals surface area (Å²) in [6, 6.07) is 11.8. The Labute approximate surface area is 160 Å². The number of fused-ring (bicyclic) bond motifs is 1. The Balaban J connectivity index is 1.59. The Kier molecular flexibility index (Phi) is 5.79. The number of rotatable bonds is 6. The van der Waals surface area contributed by atoms with Crippen molar-refractivity contribution in [3.8, 4) is 0 Å². The second-order valence-corrected chi connectivity index (χ2v) is 7.22. The van der Waals surface area contributed by atoms with Gasteiger partial charge in [-0.15, -0.1) is 0 Å². The lowest BCUT2D eigenvalue weighted by Crippen LogP contribution is -2.32. The topological polar surface area (TPSA) is 84.2 Å². The molecule has 1 atom stereocenters. The summed E-state index contributed by atoms with van der Waals surface area (Å²) in [5.41, 5.74) is 11.3. The molecule has 1 aliphatic carbocycles. The average Bonchev–Trinajstić information content (AvgIpc) is 2.66. The van der Waals surface area contributed by atoms with E-state index in [1.54, 1.807) is 12.1 Å². The molecule has 0 aliphatic heterocycles. The number of nitrogens with two attached hydrogens (primary N) is 1. The SMILES string of the molecule is Cc1c(NCC(=O)NC(C)c2ccc3c(c2)CCCC3)cccc1C(N)=O. The van der Waals surface area contributed by atoms with Crippen molar-refractivity contribution in [3.63, 3.8) is 0 Å². The number of primary amides is 1. The normalized spacial score (nSPS) is 14.1. The molecule has 2 aromatic carbocycles. The monoisotopic (exact) mass is 365 g/mol. The van der Waals surface area contributed by atoms with Crippen molar-refractivity contribution in [1.82, 2.24) is 5.32 Å². The summed E-state index contributed by atoms with van der Waals surface area (Å²) in [5.74, 6) is -0.564. The molecular weight excluding hydrogens is 338 g/mol. The van der Waals surface area contributed by atoms with Gasteiger partial charge in [0.1, 0.15) is 0 Å². The van der Waals surface area contributed by atoms with E-state index < -0.39 is 5.91 Å². The predicted octanol–water partition coefficient (Wildman–Crippen LogP) is 3.26. The fraction of sp³-hybridized carbons (Fsp3) is 0.364. The van der Waals surface area contributed by atoms with Crippen LogP contribution >= 0.6 is 0 Å². The van der Waals surface area contributed by atoms with E-state index in [-0.39, 0.29) is 18.5 Å². The van der Waals surface area contributed by atoms with Crippen LogP contribution in [-0.4, -0.2) is 18.4 Å². The molecule has 0 bridgehead atoms. The Morgan fingerprint density at radius 3 is 2.59 bits per heavy atom. The molecule has 2 amide bonds. The van der Waals surface area contributed by atoms with Gasteiger partial charge < -0.3 is 16.4 Å². The van der Waals surface area contributed by atoms with E-state index in [4.69, 9.17) is 5.73 Å². The highest BCUT2D eigenvalue weighted by Gasteiger charge is 2.15. The minimum atomic E-state index is -0.471. The van der Waals surface area contributed by atoms with Crippen LogP contribution in [0.4, 0.5) is 5.69 Å². The van der Waals surface area contributed by atoms with Crippen LogP contribution in [-0.2, 0) is 17.6 Å². The number of hydrogen-bond acceptors (Lipinski definition) is 3. The zero-order valence-corrected chi connectivity index (χ0v) is 16.0. The van der Waals surface area contributed by atoms with Crippen LogP contribution in [0, 0.1) is 6.92 Å². The van der Waals surface area contributed by atoms with Crippen molar-refractivity contribution in [3.05, 3.63) is 64.2 Å². The summed E-state index contributed by atoms with van der Waals surface area (Å²) in [7, 11) is 0. The van der Waals surface area contributed by atoms with Crippen LogP contribution in [0.25, 0.3) is 0 Å². The van der Waals surface area contributed by atoms with Crippen molar-refractivity contribution in [2.45, 2.75) is 45.6 Å². The van der Waals surface area contributed by atoms with Crippen LogP contribution in [0.15, 0.2) is 36.4 Å². The highest BCUT2D eigenvalue weighted by molar-refractivity contribution is 5.96. The Bertz CT molecular complexity index is 861. The zero-order chi connectivity index (χ0) is 19.4. The molecule has 5 heteroatoms. The fourth-order valence-corrected chi connectivity index (χ4v) is 3.67. The van der Waals surface area contributed by atoms with Crippen molar-refractivity contribution in [1.29, 1.82) is 0 Å². The van der Waals surface area contributed by atoms with E-state index in [0.717, 1.165) is 29.7 Å². The molecule has 0 spiro atoms. The summed E-state index contributed by atoms with van der Waals surface area (Å²) in [5, 5.41) is 6.13. The third kappa shape index (κ3) is 4.48. The number of benzene rings is 2. The molecule has 0 heterocycles. The van der Waals surface area contributed by atoms with Gasteiger partial charge in [-0.1, -0.05) is 24.3 Å². The minimum Gasteiger partial charge on any atom is -0.376 e. The summed E-state index contributed by atoms with van der Waals surface area (Å²) in [6.07, 6.45) is 4.79. The molecule has 0 saturated carbocycles. The Morgan fingerprint density at radius 1 is 1.11 bits per heavy atom. The molecule has 27 heavy (non-hydrogen) atoms. The standard InChI is InChI=1S/C22H27N3O2/c1-14-19(22(23)27)8-5-9-20(14)24-13-21(26)25-15(2)17-11-10-16-6-3-4-7-18(16)12-17/h5,8-12,15,24H,3-4,6-7,13H2,1-2H3,(H2,23,27)(H,25,26). The lowest BCUT2D eigenvalue weighted by molar-refractivity contribution is -0.120. The lowest BCUT2D eigenvalue weighted by Gasteiger charge is -2.20. The number of hydrogen-bond donors (Lipinski definition) is 3. The van der Waals surface area contributed by atoms with Gasteiger partial charge in [0.25, 0.3) is 0 Å². The van der Waals surface area contributed by atoms with Crippen molar-refractivity contribution in [2.75, 3.05) is 11.9 Å². The molecule has 1 aliphatic rings. The highest BCUT2D eigenvalue weighted by Crippen LogP contribution is 2.25. The van der Waals surface area contributed by atoms with E-state index in [1.807, 2.05) is 19.9 Å². The number of aryl methyl sites for hydroxylation is 2. The molecule has 3 rings (SSSR count). The van der Waals surface area contributed by atoms with E-state index in [9.17, 15) is 9.59 Å². The van der Waals surface area contributed by atoms with Crippen molar-refractivity contribution < 1.29 is 9.59 Å². The summed E-state index contributed by atoms with van der Waals surface area (Å²) in [4.78, 5) is 23.8. The number of carbonyl (C=O) groups excluding carboxylic acids is 2. The van der Waals surface area contributed by atoms with Gasteiger partial charge in [0.05, 0.1) is 12.6 Å². The third-order valence-corrected chi connectivity index (χ3v) is 5.29.